The van der Waals surface area contributed by atoms with E-state index in [0.717, 1.165) is 45.8 Å². The van der Waals surface area contributed by atoms with Crippen molar-refractivity contribution in [2.24, 2.45) is 16.6 Å². The third-order valence-corrected chi connectivity index (χ3v) is 5.72. The van der Waals surface area contributed by atoms with E-state index in [4.69, 9.17) is 10.7 Å². The molecule has 0 spiro atoms. The quantitative estimate of drug-likeness (QED) is 0.697. The van der Waals surface area contributed by atoms with Crippen LogP contribution >= 0.6 is 11.3 Å². The monoisotopic (exact) mass is 364 g/mol. The fourth-order valence-corrected chi connectivity index (χ4v) is 3.77. The Hall–Kier alpha value is -2.46. The van der Waals surface area contributed by atoms with Gasteiger partial charge in [0.05, 0.1) is 10.6 Å². The van der Waals surface area contributed by atoms with Crippen molar-refractivity contribution in [3.63, 3.8) is 0 Å². The van der Waals surface area contributed by atoms with Crippen LogP contribution in [0.15, 0.2) is 53.2 Å². The number of nitrogens with zero attached hydrogens (tertiary/aromatic N) is 1. The number of aliphatic imine (C=N–C) groups is 1. The summed E-state index contributed by atoms with van der Waals surface area (Å²) in [5.74, 6) is 0.0936. The number of primary amides is 1. The Morgan fingerprint density at radius 3 is 2.58 bits per heavy atom. The third kappa shape index (κ3) is 4.02. The topological polar surface area (TPSA) is 55.4 Å². The van der Waals surface area contributed by atoms with Gasteiger partial charge in [0.25, 0.3) is 5.91 Å². The number of nitrogens with two attached hydrogens (primary N) is 1. The van der Waals surface area contributed by atoms with Gasteiger partial charge in [0, 0.05) is 22.1 Å². The van der Waals surface area contributed by atoms with Crippen LogP contribution in [-0.4, -0.2) is 11.6 Å². The second-order valence-corrected chi connectivity index (χ2v) is 8.11. The Morgan fingerprint density at radius 1 is 1.31 bits per heavy atom. The van der Waals surface area contributed by atoms with Gasteiger partial charge in [0.1, 0.15) is 0 Å². The van der Waals surface area contributed by atoms with E-state index in [9.17, 15) is 4.79 Å². The summed E-state index contributed by atoms with van der Waals surface area (Å²) in [5.41, 5.74) is 11.7. The molecule has 0 saturated heterocycles. The predicted molar refractivity (Wildman–Crippen MR) is 111 cm³/mol. The summed E-state index contributed by atoms with van der Waals surface area (Å²) in [6.07, 6.45) is 4.46. The van der Waals surface area contributed by atoms with Crippen LogP contribution in [0, 0.1) is 19.8 Å². The van der Waals surface area contributed by atoms with Crippen LogP contribution < -0.4 is 5.73 Å². The fourth-order valence-electron chi connectivity index (χ4n) is 2.90. The lowest BCUT2D eigenvalue weighted by Gasteiger charge is -2.10. The van der Waals surface area contributed by atoms with Crippen LogP contribution in [0.4, 0.5) is 0 Å². The maximum Gasteiger partial charge on any atom is 0.258 e. The van der Waals surface area contributed by atoms with E-state index in [1.807, 2.05) is 25.1 Å². The number of carbonyl (C=O) groups excluding carboxylic acids is 1. The summed E-state index contributed by atoms with van der Waals surface area (Å²) in [4.78, 5) is 18.1. The summed E-state index contributed by atoms with van der Waals surface area (Å²) >= 11 is 1.42. The van der Waals surface area contributed by atoms with Crippen molar-refractivity contribution >= 4 is 29.0 Å². The smallest absolute Gasteiger partial charge is 0.258 e. The Balaban J connectivity index is 2.08. The van der Waals surface area contributed by atoms with Crippen molar-refractivity contribution in [2.45, 2.75) is 33.6 Å². The van der Waals surface area contributed by atoms with E-state index in [-0.39, 0.29) is 0 Å². The van der Waals surface area contributed by atoms with Crippen LogP contribution in [0.1, 0.15) is 51.0 Å². The van der Waals surface area contributed by atoms with E-state index in [2.05, 4.69) is 38.6 Å². The molecule has 1 aromatic heterocycles. The third-order valence-electron chi connectivity index (χ3n) is 4.65. The van der Waals surface area contributed by atoms with Gasteiger partial charge in [-0.1, -0.05) is 30.8 Å². The maximum atomic E-state index is 11.6. The number of aryl methyl sites for hydroxylation is 2. The molecule has 26 heavy (non-hydrogen) atoms. The van der Waals surface area contributed by atoms with Crippen molar-refractivity contribution in [2.75, 3.05) is 0 Å². The minimum absolute atomic E-state index is 0.398. The Morgan fingerprint density at radius 2 is 2.00 bits per heavy atom. The van der Waals surface area contributed by atoms with Crippen molar-refractivity contribution in [1.82, 2.24) is 0 Å². The lowest BCUT2D eigenvalue weighted by molar-refractivity contribution is 0.100. The number of hydrogen-bond donors (Lipinski definition) is 1. The summed E-state index contributed by atoms with van der Waals surface area (Å²) < 4.78 is 0. The average Bonchev–Trinajstić information content (AvgIpc) is 3.37. The van der Waals surface area contributed by atoms with Gasteiger partial charge >= 0.3 is 0 Å². The number of rotatable bonds is 6. The molecule has 0 aliphatic heterocycles. The highest BCUT2D eigenvalue weighted by Crippen LogP contribution is 2.37. The zero-order valence-corrected chi connectivity index (χ0v) is 16.3. The number of benzene rings is 1. The van der Waals surface area contributed by atoms with Crippen LogP contribution in [0.3, 0.4) is 0 Å². The van der Waals surface area contributed by atoms with Gasteiger partial charge in [-0.2, -0.15) is 0 Å². The van der Waals surface area contributed by atoms with Gasteiger partial charge in [-0.3, -0.25) is 9.79 Å². The molecule has 1 saturated carbocycles. The summed E-state index contributed by atoms with van der Waals surface area (Å²) in [5, 5.41) is 0. The molecular formula is C22H24N2OS. The van der Waals surface area contributed by atoms with E-state index in [1.165, 1.54) is 16.9 Å². The molecule has 1 aromatic carbocycles. The summed E-state index contributed by atoms with van der Waals surface area (Å²) in [6, 6.07) is 10.1. The standard InChI is InChI=1S/C22H24N2OS/c1-13-7-5-6-8-18(13)11-14(2)21(24-15(3)17-9-10-17)19-12-20(22(23)25)26-16(19)4/h5-8,11-12,17H,3,9-10H2,1-2,4H3,(H2,23,25)/b14-11+,24-21?. The molecule has 0 bridgehead atoms. The lowest BCUT2D eigenvalue weighted by atomic mass is 9.99. The predicted octanol–water partition coefficient (Wildman–Crippen LogP) is 5.28. The highest BCUT2D eigenvalue weighted by atomic mass is 32.1. The molecule has 1 amide bonds. The first-order chi connectivity index (χ1) is 12.4. The van der Waals surface area contributed by atoms with Gasteiger partial charge in [-0.15, -0.1) is 11.3 Å². The molecule has 0 unspecified atom stereocenters. The number of carbonyl (C=O) groups is 1. The molecule has 134 valence electrons. The molecule has 3 rings (SSSR count). The molecular weight excluding hydrogens is 340 g/mol. The number of hydrogen-bond acceptors (Lipinski definition) is 3. The molecule has 2 N–H and O–H groups in total. The van der Waals surface area contributed by atoms with Crippen LogP contribution in [0.25, 0.3) is 6.08 Å². The molecule has 2 aromatic rings. The van der Waals surface area contributed by atoms with Crippen LogP contribution in [0.2, 0.25) is 0 Å². The van der Waals surface area contributed by atoms with Crippen LogP contribution in [0.5, 0.6) is 0 Å². The second-order valence-electron chi connectivity index (χ2n) is 6.85. The first-order valence-electron chi connectivity index (χ1n) is 8.79. The Bertz CT molecular complexity index is 929. The fraction of sp³-hybridized carbons (Fsp3) is 0.273. The maximum absolute atomic E-state index is 11.6. The van der Waals surface area contributed by atoms with Crippen LogP contribution in [-0.2, 0) is 0 Å². The van der Waals surface area contributed by atoms with Crippen molar-refractivity contribution in [3.05, 3.63) is 74.6 Å². The first-order valence-corrected chi connectivity index (χ1v) is 9.61. The number of allylic oxidation sites excluding steroid dienone is 2. The molecule has 1 aliphatic rings. The molecule has 0 radical (unpaired) electrons. The van der Waals surface area contributed by atoms with E-state index in [1.54, 1.807) is 0 Å². The molecule has 3 nitrogen and oxygen atoms in total. The molecule has 1 aliphatic carbocycles. The van der Waals surface area contributed by atoms with Crippen molar-refractivity contribution < 1.29 is 4.79 Å². The minimum atomic E-state index is -0.398. The highest BCUT2D eigenvalue weighted by molar-refractivity contribution is 7.14. The zero-order chi connectivity index (χ0) is 18.8. The molecule has 1 heterocycles. The van der Waals surface area contributed by atoms with Crippen molar-refractivity contribution in [1.29, 1.82) is 0 Å². The number of amides is 1. The van der Waals surface area contributed by atoms with Gasteiger partial charge < -0.3 is 5.73 Å². The normalized spacial score (nSPS) is 15.2. The molecule has 1 fully saturated rings. The van der Waals surface area contributed by atoms with E-state index >= 15 is 0 Å². The van der Waals surface area contributed by atoms with Crippen molar-refractivity contribution in [3.8, 4) is 0 Å². The second kappa shape index (κ2) is 7.42. The van der Waals surface area contributed by atoms with E-state index < -0.39 is 5.91 Å². The Labute approximate surface area is 159 Å². The molecule has 0 atom stereocenters. The lowest BCUT2D eigenvalue weighted by Crippen LogP contribution is -2.09. The SMILES string of the molecule is C=C(N=C(/C(C)=C/c1ccccc1C)c1cc(C(N)=O)sc1C)C1CC1. The largest absolute Gasteiger partial charge is 0.365 e. The van der Waals surface area contributed by atoms with Gasteiger partial charge in [0.2, 0.25) is 0 Å². The summed E-state index contributed by atoms with van der Waals surface area (Å²) in [7, 11) is 0. The zero-order valence-electron chi connectivity index (χ0n) is 15.5. The minimum Gasteiger partial charge on any atom is -0.365 e. The average molecular weight is 365 g/mol. The highest BCUT2D eigenvalue weighted by Gasteiger charge is 2.25. The van der Waals surface area contributed by atoms with Gasteiger partial charge in [-0.25, -0.2) is 0 Å². The molecule has 4 heteroatoms. The first kappa shape index (κ1) is 18.3. The van der Waals surface area contributed by atoms with Gasteiger partial charge in [-0.05, 0) is 62.5 Å². The summed E-state index contributed by atoms with van der Waals surface area (Å²) in [6.45, 7) is 10.3. The van der Waals surface area contributed by atoms with E-state index in [0.29, 0.717) is 10.8 Å². The van der Waals surface area contributed by atoms with Gasteiger partial charge in [0.15, 0.2) is 0 Å². The Kier molecular flexibility index (Phi) is 5.23. The number of thiophene rings is 1.